The van der Waals surface area contributed by atoms with Crippen molar-refractivity contribution in [2.45, 2.75) is 26.2 Å². The molecule has 0 aromatic carbocycles. The Hall–Kier alpha value is 0.700. The van der Waals surface area contributed by atoms with Crippen LogP contribution < -0.4 is 0 Å². The molecule has 0 aromatic heterocycles. The Kier molecular flexibility index (Phi) is 31.1. The second-order valence-electron chi connectivity index (χ2n) is 1.43. The van der Waals surface area contributed by atoms with Gasteiger partial charge >= 0.3 is 0 Å². The molecule has 0 radical (unpaired) electrons. The van der Waals surface area contributed by atoms with Gasteiger partial charge in [0.25, 0.3) is 0 Å². The van der Waals surface area contributed by atoms with E-state index in [4.69, 9.17) is 0 Å². The molecular formula is C6H14Br2. The minimum atomic E-state index is 0. The van der Waals surface area contributed by atoms with E-state index >= 15 is 0 Å². The average Bonchev–Trinajstić information content (AvgIpc) is 1.61. The van der Waals surface area contributed by atoms with Gasteiger partial charge in [-0.25, -0.2) is 0 Å². The fourth-order valence-electron chi connectivity index (χ4n) is 0.348. The Balaban J connectivity index is -0.000000125. The number of hydrogen-bond donors (Lipinski definition) is 0. The fourth-order valence-corrected chi connectivity index (χ4v) is 0.348. The molecule has 0 unspecified atom stereocenters. The van der Waals surface area contributed by atoms with Crippen LogP contribution in [0.4, 0.5) is 0 Å². The Labute approximate surface area is 72.9 Å². The molecule has 52 valence electrons. The van der Waals surface area contributed by atoms with Crippen LogP contribution >= 0.6 is 34.0 Å². The Morgan fingerprint density at radius 1 is 1.38 bits per heavy atom. The molecule has 0 nitrogen and oxygen atoms in total. The highest BCUT2D eigenvalue weighted by Gasteiger charge is 1.71. The van der Waals surface area contributed by atoms with Gasteiger partial charge in [-0.2, -0.15) is 0 Å². The number of rotatable bonds is 3. The number of unbranched alkanes of at least 4 members (excludes halogenated alkanes) is 2. The van der Waals surface area contributed by atoms with Crippen molar-refractivity contribution in [3.8, 4) is 0 Å². The average molecular weight is 246 g/mol. The van der Waals surface area contributed by atoms with E-state index in [1.165, 1.54) is 19.3 Å². The summed E-state index contributed by atoms with van der Waals surface area (Å²) in [6.07, 6.45) is 5.72. The van der Waals surface area contributed by atoms with Crippen LogP contribution in [0, 0.1) is 0 Å². The largest absolute Gasteiger partial charge is 0.114 e. The van der Waals surface area contributed by atoms with Crippen LogP contribution in [0.15, 0.2) is 12.7 Å². The molecule has 0 aromatic rings. The first-order chi connectivity index (χ1) is 2.91. The molecule has 0 fully saturated rings. The Bertz CT molecular complexity index is 35.5. The number of halogens is 2. The van der Waals surface area contributed by atoms with Crippen LogP contribution in [0.3, 0.4) is 0 Å². The normalized spacial score (nSPS) is 6.12. The van der Waals surface area contributed by atoms with Crippen LogP contribution in [0.25, 0.3) is 0 Å². The maximum atomic E-state index is 3.60. The monoisotopic (exact) mass is 244 g/mol. The van der Waals surface area contributed by atoms with E-state index in [1.807, 2.05) is 6.08 Å². The van der Waals surface area contributed by atoms with Crippen LogP contribution in [-0.4, -0.2) is 0 Å². The van der Waals surface area contributed by atoms with Crippen LogP contribution in [-0.2, 0) is 0 Å². The summed E-state index contributed by atoms with van der Waals surface area (Å²) in [5, 5.41) is 0. The SMILES string of the molecule is Br.Br.C=CCCCC. The molecule has 0 spiro atoms. The molecule has 0 saturated carbocycles. The fraction of sp³-hybridized carbons (Fsp3) is 0.667. The highest BCUT2D eigenvalue weighted by molar-refractivity contribution is 8.93. The Morgan fingerprint density at radius 3 is 2.00 bits per heavy atom. The van der Waals surface area contributed by atoms with Crippen molar-refractivity contribution < 1.29 is 0 Å². The van der Waals surface area contributed by atoms with Crippen molar-refractivity contribution in [1.82, 2.24) is 0 Å². The van der Waals surface area contributed by atoms with E-state index < -0.39 is 0 Å². The third-order valence-electron chi connectivity index (χ3n) is 0.762. The molecule has 0 aliphatic carbocycles. The van der Waals surface area contributed by atoms with Gasteiger partial charge in [0.05, 0.1) is 0 Å². The summed E-state index contributed by atoms with van der Waals surface area (Å²) in [6.45, 7) is 5.78. The molecule has 0 heterocycles. The van der Waals surface area contributed by atoms with Crippen molar-refractivity contribution in [2.75, 3.05) is 0 Å². The van der Waals surface area contributed by atoms with Crippen LogP contribution in [0.2, 0.25) is 0 Å². The molecule has 0 bridgehead atoms. The maximum Gasteiger partial charge on any atom is -0.0354 e. The van der Waals surface area contributed by atoms with Crippen LogP contribution in [0.1, 0.15) is 26.2 Å². The highest BCUT2D eigenvalue weighted by Crippen LogP contribution is 1.91. The molecule has 8 heavy (non-hydrogen) atoms. The molecule has 0 N–H and O–H groups in total. The molecule has 0 saturated heterocycles. The molecule has 0 amide bonds. The first-order valence-electron chi connectivity index (χ1n) is 2.52. The third kappa shape index (κ3) is 15.9. The first kappa shape index (κ1) is 15.9. The predicted octanol–water partition coefficient (Wildman–Crippen LogP) is 3.52. The molecule has 0 rings (SSSR count). The summed E-state index contributed by atoms with van der Waals surface area (Å²) < 4.78 is 0. The van der Waals surface area contributed by atoms with Gasteiger partial charge in [-0.05, 0) is 6.42 Å². The topological polar surface area (TPSA) is 0 Å². The lowest BCUT2D eigenvalue weighted by molar-refractivity contribution is 0.816. The zero-order valence-electron chi connectivity index (χ0n) is 5.22. The van der Waals surface area contributed by atoms with Crippen molar-refractivity contribution >= 4 is 34.0 Å². The summed E-state index contributed by atoms with van der Waals surface area (Å²) in [5.74, 6) is 0. The van der Waals surface area contributed by atoms with Crippen molar-refractivity contribution in [1.29, 1.82) is 0 Å². The van der Waals surface area contributed by atoms with Crippen LogP contribution in [0.5, 0.6) is 0 Å². The summed E-state index contributed by atoms with van der Waals surface area (Å²) in [7, 11) is 0. The molecule has 2 heteroatoms. The predicted molar refractivity (Wildman–Crippen MR) is 50.4 cm³/mol. The van der Waals surface area contributed by atoms with Gasteiger partial charge in [-0.15, -0.1) is 40.5 Å². The van der Waals surface area contributed by atoms with E-state index in [0.29, 0.717) is 0 Å². The van der Waals surface area contributed by atoms with E-state index in [1.54, 1.807) is 0 Å². The van der Waals surface area contributed by atoms with Crippen molar-refractivity contribution in [2.24, 2.45) is 0 Å². The second kappa shape index (κ2) is 15.6. The zero-order chi connectivity index (χ0) is 4.83. The number of hydrogen-bond acceptors (Lipinski definition) is 0. The molecule has 0 atom stereocenters. The second-order valence-corrected chi connectivity index (χ2v) is 1.43. The van der Waals surface area contributed by atoms with Gasteiger partial charge in [-0.1, -0.05) is 25.8 Å². The van der Waals surface area contributed by atoms with Crippen molar-refractivity contribution in [3.63, 3.8) is 0 Å². The zero-order valence-corrected chi connectivity index (χ0v) is 8.65. The molecule has 0 aliphatic rings. The first-order valence-corrected chi connectivity index (χ1v) is 2.52. The summed E-state index contributed by atoms with van der Waals surface area (Å²) >= 11 is 0. The molecular weight excluding hydrogens is 232 g/mol. The van der Waals surface area contributed by atoms with E-state index in [2.05, 4.69) is 13.5 Å². The smallest absolute Gasteiger partial charge is 0.0354 e. The summed E-state index contributed by atoms with van der Waals surface area (Å²) in [4.78, 5) is 0. The highest BCUT2D eigenvalue weighted by atomic mass is 79.9. The number of allylic oxidation sites excluding steroid dienone is 1. The van der Waals surface area contributed by atoms with Gasteiger partial charge in [0.2, 0.25) is 0 Å². The van der Waals surface area contributed by atoms with E-state index in [9.17, 15) is 0 Å². The lowest BCUT2D eigenvalue weighted by Gasteiger charge is -1.81. The van der Waals surface area contributed by atoms with Gasteiger partial charge in [0, 0.05) is 0 Å². The quantitative estimate of drug-likeness (QED) is 0.527. The summed E-state index contributed by atoms with van der Waals surface area (Å²) in [5.41, 5.74) is 0. The minimum absolute atomic E-state index is 0. The lowest BCUT2D eigenvalue weighted by atomic mass is 10.3. The maximum absolute atomic E-state index is 3.60. The van der Waals surface area contributed by atoms with Gasteiger partial charge in [0.1, 0.15) is 0 Å². The van der Waals surface area contributed by atoms with Crippen molar-refractivity contribution in [3.05, 3.63) is 12.7 Å². The summed E-state index contributed by atoms with van der Waals surface area (Å²) in [6, 6.07) is 0. The van der Waals surface area contributed by atoms with Gasteiger partial charge in [0.15, 0.2) is 0 Å². The third-order valence-corrected chi connectivity index (χ3v) is 0.762. The molecule has 0 aliphatic heterocycles. The van der Waals surface area contributed by atoms with Gasteiger partial charge < -0.3 is 0 Å². The van der Waals surface area contributed by atoms with E-state index in [-0.39, 0.29) is 34.0 Å². The Morgan fingerprint density at radius 2 is 1.88 bits per heavy atom. The minimum Gasteiger partial charge on any atom is -0.114 e. The standard InChI is InChI=1S/C6H12.2BrH/c1-3-5-6-4-2;;/h3H,1,4-6H2,2H3;2*1H. The van der Waals surface area contributed by atoms with Gasteiger partial charge in [-0.3, -0.25) is 0 Å². The lowest BCUT2D eigenvalue weighted by Crippen LogP contribution is -1.61. The van der Waals surface area contributed by atoms with E-state index in [0.717, 1.165) is 0 Å².